The number of halogens is 2. The number of allylic oxidation sites excluding steroid dienone is 4. The van der Waals surface area contributed by atoms with Gasteiger partial charge in [0, 0.05) is 62.9 Å². The first kappa shape index (κ1) is 50.8. The van der Waals surface area contributed by atoms with Crippen molar-refractivity contribution in [3.05, 3.63) is 185 Å². The quantitative estimate of drug-likeness (QED) is 0.100. The van der Waals surface area contributed by atoms with Gasteiger partial charge in [-0.1, -0.05) is 70.0 Å². The van der Waals surface area contributed by atoms with E-state index in [-0.39, 0.29) is 46.3 Å². The third-order valence-corrected chi connectivity index (χ3v) is 17.3. The van der Waals surface area contributed by atoms with Crippen LogP contribution in [0.5, 0.6) is 0 Å². The van der Waals surface area contributed by atoms with Crippen molar-refractivity contribution in [3.63, 3.8) is 0 Å². The Balaban J connectivity index is 0.793. The SMILES string of the molecule is CCC[C@H]1C(=O)C(C#N)=C[C@@]2(C)c3c(c(-c4ccc(F)cc4)nn3-c3ccc(-c4cnnc(CCCC[C@H]5C(=O)C(C#N)=C[C@@]6(C)c7c(c(-c8ccncn8)nn7-c7ccc(-c8cncc(F)c8)cc7)CC[C@H]56)c4)cc3)CC[C@H]12. The largest absolute Gasteiger partial charge is 0.293 e. The fourth-order valence-electron chi connectivity index (χ4n) is 13.6. The number of hydrogen-bond acceptors (Lipinski definition) is 11. The van der Waals surface area contributed by atoms with Gasteiger partial charge in [0.1, 0.15) is 35.8 Å². The highest BCUT2D eigenvalue weighted by molar-refractivity contribution is 6.03. The Morgan fingerprint density at radius 2 is 1.20 bits per heavy atom. The third kappa shape index (κ3) is 8.87. The lowest BCUT2D eigenvalue weighted by Gasteiger charge is -2.46. The zero-order valence-electron chi connectivity index (χ0n) is 44.1. The molecule has 0 fully saturated rings. The number of rotatable bonds is 13. The van der Waals surface area contributed by atoms with Crippen LogP contribution in [0.2, 0.25) is 0 Å². The van der Waals surface area contributed by atoms with Crippen LogP contribution in [-0.2, 0) is 39.7 Å². The van der Waals surface area contributed by atoms with Crippen LogP contribution >= 0.6 is 0 Å². The summed E-state index contributed by atoms with van der Waals surface area (Å²) in [5, 5.41) is 40.1. The highest BCUT2D eigenvalue weighted by Gasteiger charge is 2.53. The predicted molar refractivity (Wildman–Crippen MR) is 293 cm³/mol. The Morgan fingerprint density at radius 1 is 0.633 bits per heavy atom. The first-order valence-electron chi connectivity index (χ1n) is 27.2. The summed E-state index contributed by atoms with van der Waals surface area (Å²) < 4.78 is 32.3. The molecular weight excluding hydrogens is 993 g/mol. The van der Waals surface area contributed by atoms with E-state index in [2.05, 4.69) is 64.1 Å². The topological polar surface area (TPSA) is 182 Å². The highest BCUT2D eigenvalue weighted by atomic mass is 19.1. The molecule has 15 heteroatoms. The van der Waals surface area contributed by atoms with Gasteiger partial charge in [-0.05, 0) is 141 Å². The van der Waals surface area contributed by atoms with Crippen molar-refractivity contribution in [2.45, 2.75) is 95.8 Å². The van der Waals surface area contributed by atoms with E-state index in [1.807, 2.05) is 76.1 Å². The Morgan fingerprint density at radius 3 is 1.77 bits per heavy atom. The molecule has 3 aromatic carbocycles. The number of carbonyl (C=O) groups is 2. The summed E-state index contributed by atoms with van der Waals surface area (Å²) >= 11 is 0. The number of ketones is 2. The molecule has 0 spiro atoms. The van der Waals surface area contributed by atoms with E-state index in [9.17, 15) is 28.9 Å². The van der Waals surface area contributed by atoms with Crippen molar-refractivity contribution in [1.29, 1.82) is 10.5 Å². The summed E-state index contributed by atoms with van der Waals surface area (Å²) in [6, 6.07) is 32.1. The maximum atomic E-state index is 14.3. The molecule has 12 rings (SSSR count). The predicted octanol–water partition coefficient (Wildman–Crippen LogP) is 12.1. The number of carbonyl (C=O) groups excluding carboxylic acids is 2. The van der Waals surface area contributed by atoms with Gasteiger partial charge >= 0.3 is 0 Å². The van der Waals surface area contributed by atoms with Crippen LogP contribution in [0.1, 0.15) is 93.9 Å². The van der Waals surface area contributed by atoms with Gasteiger partial charge < -0.3 is 0 Å². The number of aryl methyl sites for hydroxylation is 1. The number of nitrogens with zero attached hydrogens (tertiary/aromatic N) is 11. The van der Waals surface area contributed by atoms with Crippen LogP contribution in [0, 0.1) is 58.0 Å². The number of aromatic nitrogens is 9. The van der Waals surface area contributed by atoms with Crippen molar-refractivity contribution in [2.24, 2.45) is 23.7 Å². The van der Waals surface area contributed by atoms with E-state index in [4.69, 9.17) is 10.2 Å². The van der Waals surface area contributed by atoms with Gasteiger partial charge in [-0.2, -0.15) is 30.9 Å². The van der Waals surface area contributed by atoms with Crippen LogP contribution in [0.3, 0.4) is 0 Å². The average Bonchev–Trinajstić information content (AvgIpc) is 4.24. The molecule has 13 nitrogen and oxygen atoms in total. The Kier molecular flexibility index (Phi) is 13.2. The molecule has 0 bridgehead atoms. The number of pyridine rings is 1. The second-order valence-corrected chi connectivity index (χ2v) is 21.9. The van der Waals surface area contributed by atoms with Crippen molar-refractivity contribution in [3.8, 4) is 68.4 Å². The minimum atomic E-state index is -0.732. The molecule has 0 aliphatic heterocycles. The van der Waals surface area contributed by atoms with Gasteiger partial charge in [-0.15, -0.1) is 0 Å². The minimum absolute atomic E-state index is 0.0160. The van der Waals surface area contributed by atoms with Crippen molar-refractivity contribution in [2.75, 3.05) is 0 Å². The zero-order chi connectivity index (χ0) is 54.6. The van der Waals surface area contributed by atoms with Gasteiger partial charge in [-0.3, -0.25) is 14.6 Å². The number of nitriles is 2. The van der Waals surface area contributed by atoms with Crippen molar-refractivity contribution >= 4 is 11.6 Å². The number of unbranched alkanes of at least 4 members (excludes halogenated alkanes) is 1. The van der Waals surface area contributed by atoms with E-state index < -0.39 is 22.6 Å². The Bertz CT molecular complexity index is 3850. The molecule has 0 N–H and O–H groups in total. The highest BCUT2D eigenvalue weighted by Crippen LogP contribution is 2.55. The molecule has 0 saturated heterocycles. The van der Waals surface area contributed by atoms with Gasteiger partial charge in [0.25, 0.3) is 0 Å². The minimum Gasteiger partial charge on any atom is -0.293 e. The second-order valence-electron chi connectivity index (χ2n) is 21.9. The molecule has 4 aliphatic rings. The van der Waals surface area contributed by atoms with E-state index in [1.54, 1.807) is 30.7 Å². The Hall–Kier alpha value is -8.95. The molecule has 0 radical (unpaired) electrons. The summed E-state index contributed by atoms with van der Waals surface area (Å²) in [5.74, 6) is -1.74. The Labute approximate surface area is 456 Å². The lowest BCUT2D eigenvalue weighted by Crippen LogP contribution is -2.47. The molecule has 0 amide bonds. The maximum Gasteiger partial charge on any atom is 0.176 e. The number of fused-ring (bicyclic) bond motifs is 6. The summed E-state index contributed by atoms with van der Waals surface area (Å²) in [6.45, 7) is 6.34. The molecule has 79 heavy (non-hydrogen) atoms. The molecular formula is C64H55F2N11O2. The molecule has 6 atom stereocenters. The maximum absolute atomic E-state index is 14.3. The third-order valence-electron chi connectivity index (χ3n) is 17.3. The molecule has 392 valence electrons. The van der Waals surface area contributed by atoms with Crippen molar-refractivity contribution < 1.29 is 18.4 Å². The fraction of sp³-hybridized carbons (Fsp3) is 0.297. The normalized spacial score (nSPS) is 22.1. The van der Waals surface area contributed by atoms with Gasteiger partial charge in [0.05, 0.1) is 63.4 Å². The zero-order valence-corrected chi connectivity index (χ0v) is 44.1. The van der Waals surface area contributed by atoms with Gasteiger partial charge in [0.2, 0.25) is 0 Å². The standard InChI is InChI=1S/C64H55F2N11O2/c1-4-7-50-54-24-22-52-57(40-10-16-45(65)17-11-40)74-76(61(52)63(54,2)30-43(32-67)59(50)78)48-20-14-39(15-21-48)42-29-47(73-72-35-42)8-5-6-9-51-55-25-23-53-58(56-26-27-69-37-71-56)75-77(62(53)64(55,3)31-44(33-68)60(51)79)49-18-12-38(13-19-49)41-28-46(66)36-70-34-41/h10-21,26-31,34-37,50-51,54-55H,4-9,22-25H2,1-3H3/t50-,51-,54-,55-,63-,64-/m1/s1. The van der Waals surface area contributed by atoms with Crippen LogP contribution < -0.4 is 0 Å². The average molecular weight is 1050 g/mol. The fourth-order valence-corrected chi connectivity index (χ4v) is 13.6. The molecule has 4 aliphatic carbocycles. The summed E-state index contributed by atoms with van der Waals surface area (Å²) in [6.07, 6.45) is 18.5. The molecule has 5 heterocycles. The number of benzene rings is 3. The monoisotopic (exact) mass is 1050 g/mol. The summed E-state index contributed by atoms with van der Waals surface area (Å²) in [7, 11) is 0. The van der Waals surface area contributed by atoms with Gasteiger partial charge in [0.15, 0.2) is 11.6 Å². The molecule has 0 saturated carbocycles. The van der Waals surface area contributed by atoms with E-state index in [1.165, 1.54) is 30.7 Å². The molecule has 8 aromatic rings. The summed E-state index contributed by atoms with van der Waals surface area (Å²) in [4.78, 5) is 40.7. The first-order valence-corrected chi connectivity index (χ1v) is 27.2. The number of hydrogen-bond donors (Lipinski definition) is 0. The lowest BCUT2D eigenvalue weighted by atomic mass is 9.56. The molecule has 0 unspecified atom stereocenters. The van der Waals surface area contributed by atoms with Crippen LogP contribution in [0.4, 0.5) is 8.78 Å². The van der Waals surface area contributed by atoms with E-state index in [0.29, 0.717) is 49.8 Å². The lowest BCUT2D eigenvalue weighted by molar-refractivity contribution is -0.123. The van der Waals surface area contributed by atoms with E-state index in [0.717, 1.165) is 98.9 Å². The van der Waals surface area contributed by atoms with Crippen LogP contribution in [-0.4, -0.2) is 56.3 Å². The van der Waals surface area contributed by atoms with Gasteiger partial charge in [-0.25, -0.2) is 28.1 Å². The number of Topliss-reactive ketones (excluding diaryl/α,β-unsaturated/α-hetero) is 2. The summed E-state index contributed by atoms with van der Waals surface area (Å²) in [5.41, 5.74) is 11.5. The first-order chi connectivity index (χ1) is 38.4. The van der Waals surface area contributed by atoms with Crippen LogP contribution in [0.15, 0.2) is 145 Å². The second kappa shape index (κ2) is 20.4. The van der Waals surface area contributed by atoms with E-state index >= 15 is 0 Å². The van der Waals surface area contributed by atoms with Crippen LogP contribution in [0.25, 0.3) is 56.3 Å². The molecule has 5 aromatic heterocycles. The van der Waals surface area contributed by atoms with Crippen molar-refractivity contribution in [1.82, 2.24) is 44.7 Å². The smallest absolute Gasteiger partial charge is 0.176 e.